The van der Waals surface area contributed by atoms with Crippen LogP contribution >= 0.6 is 0 Å². The van der Waals surface area contributed by atoms with E-state index in [2.05, 4.69) is 0 Å². The van der Waals surface area contributed by atoms with Gasteiger partial charge in [0.15, 0.2) is 0 Å². The van der Waals surface area contributed by atoms with Crippen molar-refractivity contribution >= 4 is 11.9 Å². The lowest BCUT2D eigenvalue weighted by Gasteiger charge is -2.30. The first kappa shape index (κ1) is 14.4. The van der Waals surface area contributed by atoms with Crippen LogP contribution in [0, 0.1) is 12.8 Å². The molecule has 2 rings (SSSR count). The van der Waals surface area contributed by atoms with Crippen LogP contribution in [0.25, 0.3) is 0 Å². The Kier molecular flexibility index (Phi) is 4.27. The summed E-state index contributed by atoms with van der Waals surface area (Å²) in [6.45, 7) is 2.79. The average Bonchev–Trinajstić information content (AvgIpc) is 2.46. The summed E-state index contributed by atoms with van der Waals surface area (Å²) in [5, 5.41) is 9.07. The van der Waals surface area contributed by atoms with Crippen molar-refractivity contribution in [3.05, 3.63) is 29.3 Å². The second-order valence-electron chi connectivity index (χ2n) is 5.11. The molecular formula is C15H19NO4. The number of benzene rings is 1. The fourth-order valence-electron chi connectivity index (χ4n) is 2.56. The summed E-state index contributed by atoms with van der Waals surface area (Å²) >= 11 is 0. The minimum absolute atomic E-state index is 0.110. The van der Waals surface area contributed by atoms with Crippen molar-refractivity contribution in [2.75, 3.05) is 20.2 Å². The number of likely N-dealkylation sites (tertiary alicyclic amines) is 1. The maximum atomic E-state index is 12.4. The molecule has 0 radical (unpaired) electrons. The number of aryl methyl sites for hydroxylation is 1. The van der Waals surface area contributed by atoms with E-state index in [1.54, 1.807) is 30.2 Å². The normalized spacial score (nSPS) is 18.7. The standard InChI is InChI=1S/C15H19NO4/c1-10-8-11(5-6-13(10)20-2)14(17)16-7-3-4-12(9-16)15(18)19/h5-6,8,12H,3-4,7,9H2,1-2H3,(H,18,19). The van der Waals surface area contributed by atoms with Crippen molar-refractivity contribution in [2.24, 2.45) is 5.92 Å². The van der Waals surface area contributed by atoms with Gasteiger partial charge in [0.2, 0.25) is 0 Å². The molecule has 1 N–H and O–H groups in total. The highest BCUT2D eigenvalue weighted by atomic mass is 16.5. The molecule has 0 aromatic heterocycles. The average molecular weight is 277 g/mol. The summed E-state index contributed by atoms with van der Waals surface area (Å²) in [5.41, 5.74) is 1.47. The Balaban J connectivity index is 2.14. The van der Waals surface area contributed by atoms with Gasteiger partial charge in [-0.25, -0.2) is 0 Å². The molecule has 0 saturated carbocycles. The predicted octanol–water partition coefficient (Wildman–Crippen LogP) is 1.94. The van der Waals surface area contributed by atoms with Gasteiger partial charge in [-0.2, -0.15) is 0 Å². The molecule has 5 heteroatoms. The molecule has 1 aromatic rings. The van der Waals surface area contributed by atoms with E-state index in [1.165, 1.54) is 0 Å². The lowest BCUT2D eigenvalue weighted by molar-refractivity contribution is -0.143. The molecule has 1 amide bonds. The van der Waals surface area contributed by atoms with Crippen LogP contribution in [0.3, 0.4) is 0 Å². The van der Waals surface area contributed by atoms with E-state index in [1.807, 2.05) is 6.92 Å². The molecule has 5 nitrogen and oxygen atoms in total. The van der Waals surface area contributed by atoms with Crippen LogP contribution in [0.4, 0.5) is 0 Å². The van der Waals surface area contributed by atoms with Crippen LogP contribution in [0.15, 0.2) is 18.2 Å². The number of rotatable bonds is 3. The van der Waals surface area contributed by atoms with Crippen molar-refractivity contribution in [1.82, 2.24) is 4.90 Å². The largest absolute Gasteiger partial charge is 0.496 e. The number of methoxy groups -OCH3 is 1. The van der Waals surface area contributed by atoms with Gasteiger partial charge < -0.3 is 14.7 Å². The number of carbonyl (C=O) groups excluding carboxylic acids is 1. The molecule has 20 heavy (non-hydrogen) atoms. The maximum Gasteiger partial charge on any atom is 0.308 e. The summed E-state index contributed by atoms with van der Waals surface area (Å²) in [7, 11) is 1.59. The summed E-state index contributed by atoms with van der Waals surface area (Å²) in [5.74, 6) is -0.647. The van der Waals surface area contributed by atoms with Crippen molar-refractivity contribution in [3.8, 4) is 5.75 Å². The zero-order chi connectivity index (χ0) is 14.7. The summed E-state index contributed by atoms with van der Waals surface area (Å²) < 4.78 is 5.17. The number of amides is 1. The maximum absolute atomic E-state index is 12.4. The molecule has 0 bridgehead atoms. The van der Waals surface area contributed by atoms with Crippen LogP contribution in [0.5, 0.6) is 5.75 Å². The van der Waals surface area contributed by atoms with Crippen LogP contribution in [-0.2, 0) is 4.79 Å². The molecule has 1 aliphatic rings. The quantitative estimate of drug-likeness (QED) is 0.917. The van der Waals surface area contributed by atoms with Gasteiger partial charge in [0.25, 0.3) is 5.91 Å². The van der Waals surface area contributed by atoms with Gasteiger partial charge in [0.1, 0.15) is 5.75 Å². The number of hydrogen-bond donors (Lipinski definition) is 1. The van der Waals surface area contributed by atoms with Gasteiger partial charge in [0.05, 0.1) is 13.0 Å². The van der Waals surface area contributed by atoms with E-state index in [9.17, 15) is 9.59 Å². The Morgan fingerprint density at radius 2 is 2.15 bits per heavy atom. The zero-order valence-electron chi connectivity index (χ0n) is 11.8. The highest BCUT2D eigenvalue weighted by Gasteiger charge is 2.28. The van der Waals surface area contributed by atoms with Crippen LogP contribution < -0.4 is 4.74 Å². The number of nitrogens with zero attached hydrogens (tertiary/aromatic N) is 1. The number of ether oxygens (including phenoxy) is 1. The molecule has 0 aliphatic carbocycles. The summed E-state index contributed by atoms with van der Waals surface area (Å²) in [6, 6.07) is 5.27. The second-order valence-corrected chi connectivity index (χ2v) is 5.11. The van der Waals surface area contributed by atoms with Crippen LogP contribution in [0.2, 0.25) is 0 Å². The van der Waals surface area contributed by atoms with Gasteiger partial charge in [-0.3, -0.25) is 9.59 Å². The third kappa shape index (κ3) is 2.92. The highest BCUT2D eigenvalue weighted by molar-refractivity contribution is 5.95. The first-order valence-corrected chi connectivity index (χ1v) is 6.69. The van der Waals surface area contributed by atoms with Crippen molar-refractivity contribution in [2.45, 2.75) is 19.8 Å². The Hall–Kier alpha value is -2.04. The van der Waals surface area contributed by atoms with E-state index in [-0.39, 0.29) is 5.91 Å². The van der Waals surface area contributed by atoms with Crippen LogP contribution in [0.1, 0.15) is 28.8 Å². The fraction of sp³-hybridized carbons (Fsp3) is 0.467. The molecule has 1 aliphatic heterocycles. The van der Waals surface area contributed by atoms with E-state index in [0.29, 0.717) is 25.1 Å². The number of carboxylic acids is 1. The monoisotopic (exact) mass is 277 g/mol. The van der Waals surface area contributed by atoms with Gasteiger partial charge in [-0.05, 0) is 43.5 Å². The van der Waals surface area contributed by atoms with E-state index < -0.39 is 11.9 Å². The summed E-state index contributed by atoms with van der Waals surface area (Å²) in [4.78, 5) is 25.1. The minimum atomic E-state index is -0.826. The number of carbonyl (C=O) groups is 2. The van der Waals surface area contributed by atoms with Crippen LogP contribution in [-0.4, -0.2) is 42.1 Å². The first-order valence-electron chi connectivity index (χ1n) is 6.69. The molecule has 1 unspecified atom stereocenters. The highest BCUT2D eigenvalue weighted by Crippen LogP contribution is 2.22. The van der Waals surface area contributed by atoms with Gasteiger partial charge in [0, 0.05) is 18.7 Å². The van der Waals surface area contributed by atoms with Gasteiger partial charge >= 0.3 is 5.97 Å². The molecule has 1 aromatic carbocycles. The van der Waals surface area contributed by atoms with Crippen molar-refractivity contribution in [1.29, 1.82) is 0 Å². The van der Waals surface area contributed by atoms with E-state index >= 15 is 0 Å². The Morgan fingerprint density at radius 3 is 2.75 bits per heavy atom. The topological polar surface area (TPSA) is 66.8 Å². The first-order chi connectivity index (χ1) is 9.52. The smallest absolute Gasteiger partial charge is 0.308 e. The SMILES string of the molecule is COc1ccc(C(=O)N2CCCC(C(=O)O)C2)cc1C. The number of hydrogen-bond acceptors (Lipinski definition) is 3. The molecule has 1 heterocycles. The Bertz CT molecular complexity index is 527. The molecular weight excluding hydrogens is 258 g/mol. The molecule has 1 saturated heterocycles. The second kappa shape index (κ2) is 5.94. The number of piperidine rings is 1. The molecule has 0 spiro atoms. The Labute approximate surface area is 118 Å². The van der Waals surface area contributed by atoms with Crippen molar-refractivity contribution < 1.29 is 19.4 Å². The lowest BCUT2D eigenvalue weighted by atomic mass is 9.97. The molecule has 1 fully saturated rings. The number of carboxylic acid groups (broad SMARTS) is 1. The molecule has 108 valence electrons. The van der Waals surface area contributed by atoms with Gasteiger partial charge in [-0.1, -0.05) is 0 Å². The third-order valence-corrected chi connectivity index (χ3v) is 3.70. The minimum Gasteiger partial charge on any atom is -0.496 e. The summed E-state index contributed by atoms with van der Waals surface area (Å²) in [6.07, 6.45) is 1.37. The van der Waals surface area contributed by atoms with E-state index in [0.717, 1.165) is 17.7 Å². The fourth-order valence-corrected chi connectivity index (χ4v) is 2.56. The third-order valence-electron chi connectivity index (χ3n) is 3.70. The van der Waals surface area contributed by atoms with Crippen molar-refractivity contribution in [3.63, 3.8) is 0 Å². The van der Waals surface area contributed by atoms with Gasteiger partial charge in [-0.15, -0.1) is 0 Å². The lowest BCUT2D eigenvalue weighted by Crippen LogP contribution is -2.42. The predicted molar refractivity (Wildman–Crippen MR) is 74.0 cm³/mol. The Morgan fingerprint density at radius 1 is 1.40 bits per heavy atom. The number of aliphatic carboxylic acids is 1. The molecule has 1 atom stereocenters. The zero-order valence-corrected chi connectivity index (χ0v) is 11.8. The van der Waals surface area contributed by atoms with E-state index in [4.69, 9.17) is 9.84 Å².